The van der Waals surface area contributed by atoms with Gasteiger partial charge in [0.2, 0.25) is 0 Å². The third kappa shape index (κ3) is 3.78. The molecule has 2 rings (SSSR count). The second kappa shape index (κ2) is 6.66. The molecule has 1 saturated heterocycles. The van der Waals surface area contributed by atoms with Crippen LogP contribution in [0.3, 0.4) is 0 Å². The molecule has 1 aromatic heterocycles. The average Bonchev–Trinajstić information content (AvgIpc) is 2.97. The summed E-state index contributed by atoms with van der Waals surface area (Å²) in [5.74, 6) is -2.00. The van der Waals surface area contributed by atoms with E-state index in [0.717, 1.165) is 25.9 Å². The zero-order valence-electron chi connectivity index (χ0n) is 12.2. The van der Waals surface area contributed by atoms with Crippen LogP contribution in [0.25, 0.3) is 0 Å². The Morgan fingerprint density at radius 3 is 2.71 bits per heavy atom. The molecular formula is C13H21N5O3. The Hall–Kier alpha value is -1.96. The lowest BCUT2D eigenvalue weighted by molar-refractivity contribution is -0.141. The molecule has 0 aliphatic carbocycles. The molecule has 1 fully saturated rings. The number of rotatable bonds is 5. The van der Waals surface area contributed by atoms with Crippen LogP contribution in [0.2, 0.25) is 0 Å². The van der Waals surface area contributed by atoms with Gasteiger partial charge in [-0.05, 0) is 39.8 Å². The van der Waals surface area contributed by atoms with Crippen molar-refractivity contribution < 1.29 is 14.7 Å². The lowest BCUT2D eigenvalue weighted by atomic mass is 10.0. The van der Waals surface area contributed by atoms with Crippen molar-refractivity contribution in [3.05, 3.63) is 11.9 Å². The first-order valence-electron chi connectivity index (χ1n) is 7.15. The number of piperidine rings is 1. The normalized spacial score (nSPS) is 19.0. The molecule has 21 heavy (non-hydrogen) atoms. The first-order chi connectivity index (χ1) is 9.99. The molecule has 8 heteroatoms. The van der Waals surface area contributed by atoms with Crippen molar-refractivity contribution in [3.63, 3.8) is 0 Å². The molecule has 0 spiro atoms. The molecule has 0 aromatic carbocycles. The number of carboxylic acid groups (broad SMARTS) is 1. The summed E-state index contributed by atoms with van der Waals surface area (Å²) in [4.78, 5) is 22.9. The van der Waals surface area contributed by atoms with Crippen molar-refractivity contribution in [2.75, 3.05) is 13.1 Å². The van der Waals surface area contributed by atoms with Gasteiger partial charge < -0.3 is 15.7 Å². The van der Waals surface area contributed by atoms with Gasteiger partial charge in [-0.15, -0.1) is 5.10 Å². The Bertz CT molecular complexity index is 510. The number of carbonyl (C=O) groups excluding carboxylic acids is 1. The number of hydrogen-bond donors (Lipinski definition) is 3. The van der Waals surface area contributed by atoms with E-state index in [4.69, 9.17) is 5.11 Å². The van der Waals surface area contributed by atoms with Gasteiger partial charge in [-0.2, -0.15) is 0 Å². The average molecular weight is 295 g/mol. The molecule has 2 atom stereocenters. The van der Waals surface area contributed by atoms with E-state index in [9.17, 15) is 9.59 Å². The van der Waals surface area contributed by atoms with Gasteiger partial charge in [-0.25, -0.2) is 4.68 Å². The Morgan fingerprint density at radius 1 is 1.43 bits per heavy atom. The summed E-state index contributed by atoms with van der Waals surface area (Å²) in [7, 11) is 0. The van der Waals surface area contributed by atoms with Crippen LogP contribution >= 0.6 is 0 Å². The van der Waals surface area contributed by atoms with Gasteiger partial charge in [0.25, 0.3) is 5.91 Å². The highest BCUT2D eigenvalue weighted by molar-refractivity contribution is 5.92. The lowest BCUT2D eigenvalue weighted by Crippen LogP contribution is -2.40. The number of hydrogen-bond acceptors (Lipinski definition) is 5. The zero-order valence-corrected chi connectivity index (χ0v) is 12.2. The monoisotopic (exact) mass is 295 g/mol. The molecule has 0 saturated carbocycles. The molecule has 8 nitrogen and oxygen atoms in total. The molecule has 1 amide bonds. The maximum Gasteiger partial charge on any atom is 0.308 e. The minimum absolute atomic E-state index is 0.220. The van der Waals surface area contributed by atoms with Crippen LogP contribution in [0.1, 0.15) is 43.2 Å². The van der Waals surface area contributed by atoms with Gasteiger partial charge in [-0.3, -0.25) is 9.59 Å². The van der Waals surface area contributed by atoms with Crippen molar-refractivity contribution >= 4 is 11.9 Å². The predicted octanol–water partition coefficient (Wildman–Crippen LogP) is 0.0416. The smallest absolute Gasteiger partial charge is 0.308 e. The number of amides is 1. The summed E-state index contributed by atoms with van der Waals surface area (Å²) in [5.41, 5.74) is 0.220. The quantitative estimate of drug-likeness (QED) is 0.707. The molecule has 1 aromatic rings. The highest BCUT2D eigenvalue weighted by atomic mass is 16.4. The third-order valence-corrected chi connectivity index (χ3v) is 3.92. The van der Waals surface area contributed by atoms with Crippen LogP contribution in [-0.4, -0.2) is 51.1 Å². The fraction of sp³-hybridized carbons (Fsp3) is 0.692. The van der Waals surface area contributed by atoms with E-state index < -0.39 is 23.8 Å². The van der Waals surface area contributed by atoms with Gasteiger partial charge >= 0.3 is 5.97 Å². The summed E-state index contributed by atoms with van der Waals surface area (Å²) in [5, 5.41) is 22.7. The van der Waals surface area contributed by atoms with Crippen LogP contribution in [-0.2, 0) is 4.79 Å². The van der Waals surface area contributed by atoms with E-state index in [-0.39, 0.29) is 11.7 Å². The number of nitrogens with one attached hydrogen (secondary N) is 2. The van der Waals surface area contributed by atoms with E-state index in [0.29, 0.717) is 0 Å². The number of nitrogens with zero attached hydrogens (tertiary/aromatic N) is 3. The minimum Gasteiger partial charge on any atom is -0.481 e. The largest absolute Gasteiger partial charge is 0.481 e. The predicted molar refractivity (Wildman–Crippen MR) is 74.9 cm³/mol. The molecule has 1 aliphatic heterocycles. The molecule has 2 heterocycles. The van der Waals surface area contributed by atoms with Gasteiger partial charge in [0, 0.05) is 6.04 Å². The van der Waals surface area contributed by atoms with Crippen molar-refractivity contribution in [1.82, 2.24) is 25.6 Å². The Kier molecular flexibility index (Phi) is 4.89. The molecule has 1 aliphatic rings. The molecule has 2 unspecified atom stereocenters. The Balaban J connectivity index is 1.97. The van der Waals surface area contributed by atoms with E-state index in [1.165, 1.54) is 0 Å². The molecule has 116 valence electrons. The van der Waals surface area contributed by atoms with Crippen LogP contribution < -0.4 is 10.6 Å². The van der Waals surface area contributed by atoms with Gasteiger partial charge in [0.05, 0.1) is 18.2 Å². The highest BCUT2D eigenvalue weighted by Crippen LogP contribution is 2.17. The van der Waals surface area contributed by atoms with Gasteiger partial charge in [0.1, 0.15) is 0 Å². The first kappa shape index (κ1) is 15.4. The third-order valence-electron chi connectivity index (χ3n) is 3.92. The summed E-state index contributed by atoms with van der Waals surface area (Å²) in [6.07, 6.45) is 3.54. The van der Waals surface area contributed by atoms with Crippen LogP contribution in [0.5, 0.6) is 0 Å². The SMILES string of the molecule is CC(NC(=O)c1cn(C2CCNCC2)nn1)C(C)C(=O)O. The van der Waals surface area contributed by atoms with E-state index >= 15 is 0 Å². The maximum absolute atomic E-state index is 12.0. The number of aromatic nitrogens is 3. The fourth-order valence-electron chi connectivity index (χ4n) is 2.25. The zero-order chi connectivity index (χ0) is 15.4. The van der Waals surface area contributed by atoms with E-state index in [2.05, 4.69) is 20.9 Å². The number of carbonyl (C=O) groups is 2. The summed E-state index contributed by atoms with van der Waals surface area (Å²) in [6, 6.07) is -0.213. The highest BCUT2D eigenvalue weighted by Gasteiger charge is 2.23. The second-order valence-electron chi connectivity index (χ2n) is 5.45. The molecular weight excluding hydrogens is 274 g/mol. The second-order valence-corrected chi connectivity index (χ2v) is 5.45. The van der Waals surface area contributed by atoms with Crippen molar-refractivity contribution in [3.8, 4) is 0 Å². The van der Waals surface area contributed by atoms with Crippen LogP contribution in [0, 0.1) is 5.92 Å². The van der Waals surface area contributed by atoms with Gasteiger partial charge in [-0.1, -0.05) is 5.21 Å². The summed E-state index contributed by atoms with van der Waals surface area (Å²) in [6.45, 7) is 5.07. The van der Waals surface area contributed by atoms with Gasteiger partial charge in [0.15, 0.2) is 5.69 Å². The summed E-state index contributed by atoms with van der Waals surface area (Å²) < 4.78 is 1.72. The summed E-state index contributed by atoms with van der Waals surface area (Å²) >= 11 is 0. The first-order valence-corrected chi connectivity index (χ1v) is 7.15. The fourth-order valence-corrected chi connectivity index (χ4v) is 2.25. The van der Waals surface area contributed by atoms with Crippen LogP contribution in [0.15, 0.2) is 6.20 Å². The van der Waals surface area contributed by atoms with Crippen molar-refractivity contribution in [1.29, 1.82) is 0 Å². The van der Waals surface area contributed by atoms with Crippen LogP contribution in [0.4, 0.5) is 0 Å². The molecule has 0 radical (unpaired) electrons. The molecule has 3 N–H and O–H groups in total. The lowest BCUT2D eigenvalue weighted by Gasteiger charge is -2.22. The Labute approximate surface area is 122 Å². The number of aliphatic carboxylic acids is 1. The maximum atomic E-state index is 12.0. The standard InChI is InChI=1S/C13H21N5O3/c1-8(13(20)21)9(2)15-12(19)11-7-18(17-16-11)10-3-5-14-6-4-10/h7-10,14H,3-6H2,1-2H3,(H,15,19)(H,20,21). The van der Waals surface area contributed by atoms with Crippen molar-refractivity contribution in [2.45, 2.75) is 38.8 Å². The number of carboxylic acids is 1. The molecule has 0 bridgehead atoms. The van der Waals surface area contributed by atoms with E-state index in [1.807, 2.05) is 0 Å². The minimum atomic E-state index is -0.943. The van der Waals surface area contributed by atoms with Crippen molar-refractivity contribution in [2.24, 2.45) is 5.92 Å². The Morgan fingerprint density at radius 2 is 2.10 bits per heavy atom. The van der Waals surface area contributed by atoms with E-state index in [1.54, 1.807) is 24.7 Å². The topological polar surface area (TPSA) is 109 Å².